The Balaban J connectivity index is 0.0000101. The molecule has 3 rings (SSSR count). The van der Waals surface area contributed by atoms with Crippen molar-refractivity contribution in [3.63, 3.8) is 0 Å². The van der Waals surface area contributed by atoms with Crippen LogP contribution in [0.1, 0.15) is 206 Å². The summed E-state index contributed by atoms with van der Waals surface area (Å²) in [7, 11) is 2.14. The first-order valence-electron chi connectivity index (χ1n) is 23.1. The fourth-order valence-electron chi connectivity index (χ4n) is 8.06. The number of hydrogen-bond donors (Lipinski definition) is 2. The first-order chi connectivity index (χ1) is 26.2. The van der Waals surface area contributed by atoms with Crippen molar-refractivity contribution in [3.8, 4) is 0 Å². The number of halogens is 1. The number of aryl methyl sites for hydroxylation is 1. The maximum absolute atomic E-state index is 4.00. The maximum Gasteiger partial charge on any atom is 0.212 e. The van der Waals surface area contributed by atoms with Gasteiger partial charge in [0.25, 0.3) is 0 Å². The van der Waals surface area contributed by atoms with Gasteiger partial charge in [0.2, 0.25) is 5.52 Å². The highest BCUT2D eigenvalue weighted by Crippen LogP contribution is 2.25. The third kappa shape index (κ3) is 21.6. The number of benzene rings is 1. The fraction of sp³-hybridized carbons (Fsp3) is 0.700. The Morgan fingerprint density at radius 3 is 1.54 bits per heavy atom. The second-order valence-electron chi connectivity index (χ2n) is 16.5. The van der Waals surface area contributed by atoms with Gasteiger partial charge in [-0.1, -0.05) is 217 Å². The van der Waals surface area contributed by atoms with Crippen LogP contribution >= 0.6 is 0 Å². The fourth-order valence-corrected chi connectivity index (χ4v) is 8.06. The Bertz CT molecular complexity index is 1280. The van der Waals surface area contributed by atoms with E-state index in [2.05, 4.69) is 103 Å². The Kier molecular flexibility index (Phi) is 29.1. The molecule has 0 radical (unpaired) electrons. The van der Waals surface area contributed by atoms with Crippen molar-refractivity contribution >= 4 is 17.0 Å². The SMILES string of the molecule is CCCCCCCCCCCCCCCCNC1=CCC(C=Cc2cc[n+](C)c3ccccc23)(NCCCCCCCCCCCCCCCC)C=C1.[I-]. The van der Waals surface area contributed by atoms with Crippen molar-refractivity contribution in [2.45, 2.75) is 206 Å². The van der Waals surface area contributed by atoms with E-state index < -0.39 is 0 Å². The van der Waals surface area contributed by atoms with Crippen LogP contribution in [0.3, 0.4) is 0 Å². The van der Waals surface area contributed by atoms with Crippen LogP contribution < -0.4 is 39.2 Å². The molecule has 4 heteroatoms. The molecular formula is C50H84IN3. The minimum atomic E-state index is -0.143. The van der Waals surface area contributed by atoms with Gasteiger partial charge >= 0.3 is 0 Å². The third-order valence-electron chi connectivity index (χ3n) is 11.7. The molecule has 0 saturated heterocycles. The molecule has 1 heterocycles. The number of unbranched alkanes of at least 4 members (excludes halogenated alkanes) is 26. The molecule has 54 heavy (non-hydrogen) atoms. The zero-order valence-corrected chi connectivity index (χ0v) is 37.8. The molecule has 306 valence electrons. The molecule has 0 spiro atoms. The minimum absolute atomic E-state index is 0. The summed E-state index contributed by atoms with van der Waals surface area (Å²) in [6.45, 7) is 6.75. The van der Waals surface area contributed by atoms with E-state index in [4.69, 9.17) is 0 Å². The predicted octanol–water partition coefficient (Wildman–Crippen LogP) is 11.4. The average Bonchev–Trinajstić information content (AvgIpc) is 3.18. The van der Waals surface area contributed by atoms with Gasteiger partial charge in [-0.05, 0) is 43.5 Å². The number of nitrogens with zero attached hydrogens (tertiary/aromatic N) is 1. The van der Waals surface area contributed by atoms with Gasteiger partial charge in [0.15, 0.2) is 6.20 Å². The van der Waals surface area contributed by atoms with Crippen LogP contribution in [0.15, 0.2) is 66.5 Å². The van der Waals surface area contributed by atoms with Gasteiger partial charge in [-0.25, -0.2) is 4.57 Å². The number of fused-ring (bicyclic) bond motifs is 1. The molecule has 1 aromatic carbocycles. The van der Waals surface area contributed by atoms with E-state index >= 15 is 0 Å². The van der Waals surface area contributed by atoms with E-state index in [1.807, 2.05) is 0 Å². The number of allylic oxidation sites excluding steroid dienone is 1. The lowest BCUT2D eigenvalue weighted by molar-refractivity contribution is -0.644. The summed E-state index contributed by atoms with van der Waals surface area (Å²) >= 11 is 0. The molecule has 1 unspecified atom stereocenters. The van der Waals surface area contributed by atoms with E-state index in [0.717, 1.165) is 19.5 Å². The Morgan fingerprint density at radius 2 is 1.06 bits per heavy atom. The van der Waals surface area contributed by atoms with E-state index in [0.29, 0.717) is 0 Å². The second-order valence-corrected chi connectivity index (χ2v) is 16.5. The van der Waals surface area contributed by atoms with Crippen molar-refractivity contribution in [2.24, 2.45) is 7.05 Å². The molecule has 2 N–H and O–H groups in total. The number of nitrogens with one attached hydrogen (secondary N) is 2. The van der Waals surface area contributed by atoms with Crippen LogP contribution in [0, 0.1) is 0 Å². The Morgan fingerprint density at radius 1 is 0.593 bits per heavy atom. The molecule has 3 nitrogen and oxygen atoms in total. The summed E-state index contributed by atoms with van der Waals surface area (Å²) in [6, 6.07) is 11.0. The Hall–Kier alpha value is -1.66. The van der Waals surface area contributed by atoms with E-state index in [-0.39, 0.29) is 29.5 Å². The highest BCUT2D eigenvalue weighted by Gasteiger charge is 2.25. The lowest BCUT2D eigenvalue weighted by atomic mass is 9.88. The lowest BCUT2D eigenvalue weighted by Crippen LogP contribution is -3.00. The van der Waals surface area contributed by atoms with Crippen LogP contribution in [0.4, 0.5) is 0 Å². The van der Waals surface area contributed by atoms with Gasteiger partial charge in [0.05, 0.1) is 10.9 Å². The van der Waals surface area contributed by atoms with Crippen molar-refractivity contribution in [1.29, 1.82) is 0 Å². The van der Waals surface area contributed by atoms with E-state index in [1.54, 1.807) is 0 Å². The topological polar surface area (TPSA) is 27.9 Å². The zero-order valence-electron chi connectivity index (χ0n) is 35.6. The molecule has 0 aliphatic heterocycles. The van der Waals surface area contributed by atoms with Gasteiger partial charge in [-0.2, -0.15) is 0 Å². The summed E-state index contributed by atoms with van der Waals surface area (Å²) in [5, 5.41) is 9.06. The molecule has 0 saturated carbocycles. The van der Waals surface area contributed by atoms with Crippen molar-refractivity contribution < 1.29 is 28.5 Å². The summed E-state index contributed by atoms with van der Waals surface area (Å²) < 4.78 is 2.22. The standard InChI is InChI=1S/C50H84N3.HI/c1-4-6-8-10-12-14-16-18-20-22-24-26-28-32-43-51-47-37-41-50(42-38-47,40-36-46-39-45-53(3)49-35-31-30-34-48(46)49)52-44-33-29-27-25-23-21-19-17-15-13-11-9-7-5-2;/h30-31,34-41,45,51-52H,4-29,32-33,42-44H2,1-3H3;1H/q+1;/p-1. The van der Waals surface area contributed by atoms with Gasteiger partial charge in [0, 0.05) is 24.4 Å². The van der Waals surface area contributed by atoms with Crippen molar-refractivity contribution in [1.82, 2.24) is 10.6 Å². The van der Waals surface area contributed by atoms with Crippen LogP contribution in [0.25, 0.3) is 17.0 Å². The molecule has 1 aliphatic carbocycles. The summed E-state index contributed by atoms with van der Waals surface area (Å²) in [5.41, 5.74) is 3.71. The monoisotopic (exact) mass is 854 g/mol. The van der Waals surface area contributed by atoms with Crippen LogP contribution in [-0.2, 0) is 7.05 Å². The van der Waals surface area contributed by atoms with Gasteiger partial charge < -0.3 is 34.6 Å². The van der Waals surface area contributed by atoms with Gasteiger partial charge in [-0.3, -0.25) is 0 Å². The molecule has 1 aromatic heterocycles. The molecule has 0 amide bonds. The van der Waals surface area contributed by atoms with Crippen LogP contribution in [0.2, 0.25) is 0 Å². The summed E-state index contributed by atoms with van der Waals surface area (Å²) in [5.74, 6) is 0. The number of para-hydroxylation sites is 1. The molecular weight excluding hydrogens is 769 g/mol. The predicted molar refractivity (Wildman–Crippen MR) is 235 cm³/mol. The quantitative estimate of drug-likeness (QED) is 0.0417. The normalized spacial score (nSPS) is 15.6. The largest absolute Gasteiger partial charge is 1.00 e. The lowest BCUT2D eigenvalue weighted by Gasteiger charge is -2.31. The molecule has 2 aromatic rings. The smallest absolute Gasteiger partial charge is 0.212 e. The van der Waals surface area contributed by atoms with Crippen LogP contribution in [-0.4, -0.2) is 18.6 Å². The van der Waals surface area contributed by atoms with Gasteiger partial charge in [0.1, 0.15) is 7.05 Å². The molecule has 1 atom stereocenters. The summed E-state index contributed by atoms with van der Waals surface area (Å²) in [6.07, 6.45) is 54.5. The average molecular weight is 854 g/mol. The van der Waals surface area contributed by atoms with Gasteiger partial charge in [-0.15, -0.1) is 0 Å². The zero-order chi connectivity index (χ0) is 37.5. The first kappa shape index (κ1) is 48.5. The molecule has 1 aliphatic rings. The van der Waals surface area contributed by atoms with Crippen molar-refractivity contribution in [3.05, 3.63) is 72.1 Å². The van der Waals surface area contributed by atoms with Crippen molar-refractivity contribution in [2.75, 3.05) is 13.1 Å². The highest BCUT2D eigenvalue weighted by atomic mass is 127. The molecule has 0 bridgehead atoms. The Labute approximate surface area is 352 Å². The van der Waals surface area contributed by atoms with E-state index in [1.165, 1.54) is 202 Å². The number of pyridine rings is 1. The summed E-state index contributed by atoms with van der Waals surface area (Å²) in [4.78, 5) is 0. The first-order valence-corrected chi connectivity index (χ1v) is 23.1. The highest BCUT2D eigenvalue weighted by molar-refractivity contribution is 5.85. The number of hydrogen-bond acceptors (Lipinski definition) is 2. The number of aromatic nitrogens is 1. The third-order valence-corrected chi connectivity index (χ3v) is 11.7. The minimum Gasteiger partial charge on any atom is -1.00 e. The van der Waals surface area contributed by atoms with Crippen LogP contribution in [0.5, 0.6) is 0 Å². The van der Waals surface area contributed by atoms with E-state index in [9.17, 15) is 0 Å². The number of rotatable bonds is 34. The molecule has 0 fully saturated rings. The maximum atomic E-state index is 4.00. The second kappa shape index (κ2) is 32.4.